The second-order valence-electron chi connectivity index (χ2n) is 5.74. The van der Waals surface area contributed by atoms with Gasteiger partial charge in [0.1, 0.15) is 0 Å². The Labute approximate surface area is 113 Å². The number of ether oxygens (including phenoxy) is 1. The number of carbonyl (C=O) groups excluding carboxylic acids is 1. The van der Waals surface area contributed by atoms with Crippen LogP contribution < -0.4 is 10.6 Å². The molecule has 1 aliphatic heterocycles. The van der Waals surface area contributed by atoms with Gasteiger partial charge in [0.25, 0.3) is 0 Å². The van der Waals surface area contributed by atoms with Crippen LogP contribution in [0.3, 0.4) is 0 Å². The predicted molar refractivity (Wildman–Crippen MR) is 71.0 cm³/mol. The van der Waals surface area contributed by atoms with Gasteiger partial charge in [0.15, 0.2) is 0 Å². The minimum atomic E-state index is -0.897. The standard InChI is InChI=1S/C13H24N2O4/c1-4-12(2,3)15-11(18)14-9-13(10(16)17)5-7-19-8-6-13/h4-9H2,1-3H3,(H,16,17)(H2,14,15,18). The minimum Gasteiger partial charge on any atom is -0.481 e. The molecule has 110 valence electrons. The maximum Gasteiger partial charge on any atom is 0.315 e. The van der Waals surface area contributed by atoms with E-state index in [-0.39, 0.29) is 18.1 Å². The number of carboxylic acid groups (broad SMARTS) is 1. The molecule has 0 aromatic rings. The molecule has 6 heteroatoms. The summed E-state index contributed by atoms with van der Waals surface area (Å²) in [4.78, 5) is 23.2. The lowest BCUT2D eigenvalue weighted by Crippen LogP contribution is -2.52. The predicted octanol–water partition coefficient (Wildman–Crippen LogP) is 1.36. The smallest absolute Gasteiger partial charge is 0.315 e. The van der Waals surface area contributed by atoms with Crippen molar-refractivity contribution in [3.05, 3.63) is 0 Å². The van der Waals surface area contributed by atoms with Crippen LogP contribution in [0, 0.1) is 5.41 Å². The van der Waals surface area contributed by atoms with Gasteiger partial charge >= 0.3 is 12.0 Å². The third kappa shape index (κ3) is 4.38. The molecule has 3 N–H and O–H groups in total. The average molecular weight is 272 g/mol. The zero-order valence-corrected chi connectivity index (χ0v) is 11.9. The largest absolute Gasteiger partial charge is 0.481 e. The van der Waals surface area contributed by atoms with E-state index in [1.54, 1.807) is 0 Å². The average Bonchev–Trinajstić information content (AvgIpc) is 2.37. The van der Waals surface area contributed by atoms with Crippen LogP contribution in [0.25, 0.3) is 0 Å². The molecule has 0 aromatic heterocycles. The molecule has 1 rings (SSSR count). The van der Waals surface area contributed by atoms with Crippen molar-refractivity contribution in [2.75, 3.05) is 19.8 Å². The van der Waals surface area contributed by atoms with E-state index in [0.717, 1.165) is 6.42 Å². The summed E-state index contributed by atoms with van der Waals surface area (Å²) >= 11 is 0. The number of carboxylic acids is 1. The Hall–Kier alpha value is -1.30. The first-order valence-electron chi connectivity index (χ1n) is 6.68. The summed E-state index contributed by atoms with van der Waals surface area (Å²) in [5.41, 5.74) is -1.19. The van der Waals surface area contributed by atoms with E-state index in [1.807, 2.05) is 20.8 Å². The molecule has 6 nitrogen and oxygen atoms in total. The number of urea groups is 1. The van der Waals surface area contributed by atoms with Crippen LogP contribution in [0.1, 0.15) is 40.0 Å². The van der Waals surface area contributed by atoms with Crippen molar-refractivity contribution in [3.8, 4) is 0 Å². The fourth-order valence-electron chi connectivity index (χ4n) is 1.92. The van der Waals surface area contributed by atoms with Crippen LogP contribution in [0.5, 0.6) is 0 Å². The van der Waals surface area contributed by atoms with E-state index in [0.29, 0.717) is 26.1 Å². The lowest BCUT2D eigenvalue weighted by Gasteiger charge is -2.33. The van der Waals surface area contributed by atoms with Crippen molar-refractivity contribution in [2.45, 2.75) is 45.6 Å². The first-order valence-corrected chi connectivity index (χ1v) is 6.68. The van der Waals surface area contributed by atoms with Crippen LogP contribution in [0.4, 0.5) is 4.79 Å². The molecule has 1 aliphatic rings. The maximum atomic E-state index is 11.8. The summed E-state index contributed by atoms with van der Waals surface area (Å²) in [6.45, 7) is 6.82. The van der Waals surface area contributed by atoms with E-state index in [2.05, 4.69) is 10.6 Å². The Kier molecular flexibility index (Phi) is 5.17. The lowest BCUT2D eigenvalue weighted by atomic mass is 9.80. The summed E-state index contributed by atoms with van der Waals surface area (Å²) in [5.74, 6) is -0.870. The molecule has 1 saturated heterocycles. The Morgan fingerprint density at radius 1 is 1.32 bits per heavy atom. The highest BCUT2D eigenvalue weighted by molar-refractivity contribution is 5.78. The van der Waals surface area contributed by atoms with Gasteiger partial charge in [-0.1, -0.05) is 6.92 Å². The molecule has 1 heterocycles. The van der Waals surface area contributed by atoms with E-state index in [1.165, 1.54) is 0 Å². The van der Waals surface area contributed by atoms with Gasteiger partial charge in [-0.05, 0) is 33.1 Å². The second-order valence-corrected chi connectivity index (χ2v) is 5.74. The minimum absolute atomic E-state index is 0.136. The number of hydrogen-bond acceptors (Lipinski definition) is 3. The first-order chi connectivity index (χ1) is 8.81. The number of hydrogen-bond donors (Lipinski definition) is 3. The normalized spacial score (nSPS) is 18.7. The zero-order chi connectivity index (χ0) is 14.5. The van der Waals surface area contributed by atoms with Gasteiger partial charge in [-0.15, -0.1) is 0 Å². The molecule has 0 aliphatic carbocycles. The highest BCUT2D eigenvalue weighted by Crippen LogP contribution is 2.30. The van der Waals surface area contributed by atoms with Crippen molar-refractivity contribution in [2.24, 2.45) is 5.41 Å². The van der Waals surface area contributed by atoms with Gasteiger partial charge in [0.05, 0.1) is 5.41 Å². The molecule has 0 radical (unpaired) electrons. The molecule has 0 aromatic carbocycles. The summed E-state index contributed by atoms with van der Waals surface area (Å²) in [5, 5.41) is 14.9. The Morgan fingerprint density at radius 2 is 1.89 bits per heavy atom. The van der Waals surface area contributed by atoms with Crippen molar-refractivity contribution in [1.82, 2.24) is 10.6 Å². The van der Waals surface area contributed by atoms with Gasteiger partial charge in [0, 0.05) is 25.3 Å². The van der Waals surface area contributed by atoms with Crippen LogP contribution in [0.2, 0.25) is 0 Å². The number of nitrogens with one attached hydrogen (secondary N) is 2. The summed E-state index contributed by atoms with van der Waals surface area (Å²) < 4.78 is 5.19. The third-order valence-corrected chi connectivity index (χ3v) is 3.83. The molecular formula is C13H24N2O4. The molecule has 19 heavy (non-hydrogen) atoms. The number of amides is 2. The van der Waals surface area contributed by atoms with E-state index < -0.39 is 11.4 Å². The fourth-order valence-corrected chi connectivity index (χ4v) is 1.92. The molecule has 0 bridgehead atoms. The molecule has 0 spiro atoms. The molecular weight excluding hydrogens is 248 g/mol. The van der Waals surface area contributed by atoms with Crippen LogP contribution in [-0.4, -0.2) is 42.4 Å². The van der Waals surface area contributed by atoms with Gasteiger partial charge in [-0.3, -0.25) is 4.79 Å². The molecule has 0 atom stereocenters. The second kappa shape index (κ2) is 6.23. The van der Waals surface area contributed by atoms with Gasteiger partial charge < -0.3 is 20.5 Å². The first kappa shape index (κ1) is 15.8. The molecule has 0 unspecified atom stereocenters. The van der Waals surface area contributed by atoms with E-state index >= 15 is 0 Å². The van der Waals surface area contributed by atoms with Crippen molar-refractivity contribution in [1.29, 1.82) is 0 Å². The zero-order valence-electron chi connectivity index (χ0n) is 11.9. The van der Waals surface area contributed by atoms with Gasteiger partial charge in [-0.25, -0.2) is 4.79 Å². The maximum absolute atomic E-state index is 11.8. The summed E-state index contributed by atoms with van der Waals surface area (Å²) in [6, 6.07) is -0.320. The molecule has 0 saturated carbocycles. The Balaban J connectivity index is 2.53. The van der Waals surface area contributed by atoms with Crippen LogP contribution in [-0.2, 0) is 9.53 Å². The summed E-state index contributed by atoms with van der Waals surface area (Å²) in [7, 11) is 0. The third-order valence-electron chi connectivity index (χ3n) is 3.83. The molecule has 1 fully saturated rings. The van der Waals surface area contributed by atoms with Crippen LogP contribution >= 0.6 is 0 Å². The summed E-state index contributed by atoms with van der Waals surface area (Å²) in [6.07, 6.45) is 1.66. The van der Waals surface area contributed by atoms with Gasteiger partial charge in [-0.2, -0.15) is 0 Å². The van der Waals surface area contributed by atoms with Crippen molar-refractivity contribution >= 4 is 12.0 Å². The van der Waals surface area contributed by atoms with Crippen molar-refractivity contribution < 1.29 is 19.4 Å². The van der Waals surface area contributed by atoms with Crippen molar-refractivity contribution in [3.63, 3.8) is 0 Å². The van der Waals surface area contributed by atoms with Crippen LogP contribution in [0.15, 0.2) is 0 Å². The topological polar surface area (TPSA) is 87.7 Å². The highest BCUT2D eigenvalue weighted by atomic mass is 16.5. The van der Waals surface area contributed by atoms with Gasteiger partial charge in [0.2, 0.25) is 0 Å². The number of aliphatic carboxylic acids is 1. The Bertz CT molecular complexity index is 336. The van der Waals surface area contributed by atoms with E-state index in [4.69, 9.17) is 4.74 Å². The molecule has 2 amide bonds. The number of carbonyl (C=O) groups is 2. The highest BCUT2D eigenvalue weighted by Gasteiger charge is 2.40. The number of rotatable bonds is 5. The monoisotopic (exact) mass is 272 g/mol. The SMILES string of the molecule is CCC(C)(C)NC(=O)NCC1(C(=O)O)CCOCC1. The van der Waals surface area contributed by atoms with E-state index in [9.17, 15) is 14.7 Å². The Morgan fingerprint density at radius 3 is 2.37 bits per heavy atom. The fraction of sp³-hybridized carbons (Fsp3) is 0.846. The quantitative estimate of drug-likeness (QED) is 0.705. The lowest BCUT2D eigenvalue weighted by molar-refractivity contribution is -0.154.